The van der Waals surface area contributed by atoms with Crippen molar-refractivity contribution in [1.29, 1.82) is 0 Å². The molecule has 1 aromatic rings. The first-order valence-corrected chi connectivity index (χ1v) is 7.27. The number of carbonyl (C=O) groups is 2. The van der Waals surface area contributed by atoms with Crippen molar-refractivity contribution in [1.82, 2.24) is 14.7 Å². The van der Waals surface area contributed by atoms with E-state index in [0.29, 0.717) is 18.7 Å². The number of nitrogens with zero attached hydrogens (tertiary/aromatic N) is 3. The van der Waals surface area contributed by atoms with E-state index < -0.39 is 12.0 Å². The molecule has 0 saturated carbocycles. The molecule has 0 aliphatic carbocycles. The molecule has 2 heterocycles. The van der Waals surface area contributed by atoms with Crippen LogP contribution >= 0.6 is 0 Å². The summed E-state index contributed by atoms with van der Waals surface area (Å²) in [5.41, 5.74) is 1.44. The number of hydrogen-bond acceptors (Lipinski definition) is 3. The molecular weight excluding hydrogens is 272 g/mol. The number of likely N-dealkylation sites (tertiary alicyclic amines) is 1. The zero-order valence-electron chi connectivity index (χ0n) is 12.7. The second-order valence-corrected chi connectivity index (χ2v) is 5.54. The summed E-state index contributed by atoms with van der Waals surface area (Å²) in [5.74, 6) is -0.985. The molecule has 2 rings (SSSR count). The van der Waals surface area contributed by atoms with Crippen molar-refractivity contribution in [3.63, 3.8) is 0 Å². The Morgan fingerprint density at radius 3 is 2.86 bits per heavy atom. The Kier molecular flexibility index (Phi) is 4.50. The topological polar surface area (TPSA) is 87.5 Å². The lowest BCUT2D eigenvalue weighted by Gasteiger charge is -2.37. The average Bonchev–Trinajstić information content (AvgIpc) is 2.77. The number of amides is 2. The lowest BCUT2D eigenvalue weighted by atomic mass is 9.91. The average molecular weight is 294 g/mol. The number of carboxylic acids is 1. The van der Waals surface area contributed by atoms with E-state index in [-0.39, 0.29) is 11.9 Å². The molecule has 1 aromatic heterocycles. The number of aryl methyl sites for hydroxylation is 2. The predicted molar refractivity (Wildman–Crippen MR) is 78.1 cm³/mol. The van der Waals surface area contributed by atoms with Crippen LogP contribution < -0.4 is 5.32 Å². The van der Waals surface area contributed by atoms with Crippen LogP contribution in [-0.4, -0.2) is 44.4 Å². The number of carboxylic acid groups (broad SMARTS) is 1. The van der Waals surface area contributed by atoms with Gasteiger partial charge in [-0.3, -0.25) is 4.68 Å². The van der Waals surface area contributed by atoms with Gasteiger partial charge in [-0.2, -0.15) is 5.10 Å². The van der Waals surface area contributed by atoms with Gasteiger partial charge in [0.1, 0.15) is 6.04 Å². The first kappa shape index (κ1) is 15.3. The number of nitrogens with one attached hydrogen (secondary N) is 1. The third-order valence-electron chi connectivity index (χ3n) is 3.93. The maximum Gasteiger partial charge on any atom is 0.326 e. The quantitative estimate of drug-likeness (QED) is 0.888. The predicted octanol–water partition coefficient (Wildman–Crippen LogP) is 1.70. The van der Waals surface area contributed by atoms with Gasteiger partial charge in [-0.1, -0.05) is 13.8 Å². The molecule has 0 radical (unpaired) electrons. The molecule has 1 aliphatic rings. The lowest BCUT2D eigenvalue weighted by Crippen LogP contribution is -2.53. The molecule has 1 fully saturated rings. The minimum absolute atomic E-state index is 0.0402. The lowest BCUT2D eigenvalue weighted by molar-refractivity contribution is -0.145. The van der Waals surface area contributed by atoms with Crippen LogP contribution in [0.5, 0.6) is 0 Å². The van der Waals surface area contributed by atoms with Crippen LogP contribution in [0.4, 0.5) is 10.5 Å². The van der Waals surface area contributed by atoms with Crippen LogP contribution in [-0.2, 0) is 18.3 Å². The number of aromatic nitrogens is 2. The molecule has 1 saturated heterocycles. The molecule has 2 unspecified atom stereocenters. The van der Waals surface area contributed by atoms with Crippen LogP contribution in [0.1, 0.15) is 32.4 Å². The van der Waals surface area contributed by atoms with E-state index in [1.807, 2.05) is 13.8 Å². The Hall–Kier alpha value is -2.05. The zero-order valence-corrected chi connectivity index (χ0v) is 12.7. The van der Waals surface area contributed by atoms with Gasteiger partial charge in [-0.25, -0.2) is 9.59 Å². The molecule has 21 heavy (non-hydrogen) atoms. The Morgan fingerprint density at radius 1 is 1.52 bits per heavy atom. The van der Waals surface area contributed by atoms with Crippen LogP contribution in [0, 0.1) is 5.92 Å². The fraction of sp³-hybridized carbons (Fsp3) is 0.643. The van der Waals surface area contributed by atoms with Crippen molar-refractivity contribution < 1.29 is 14.7 Å². The van der Waals surface area contributed by atoms with E-state index in [1.54, 1.807) is 17.9 Å². The van der Waals surface area contributed by atoms with Gasteiger partial charge >= 0.3 is 12.0 Å². The molecule has 116 valence electrons. The minimum atomic E-state index is -0.945. The standard InChI is InChI=1S/C14H22N4O3/c1-4-10-11(8-17(3)16-10)15-14(21)18-7-5-6-9(2)12(18)13(19)20/h8-9,12H,4-7H2,1-3H3,(H,15,21)(H,19,20). The SMILES string of the molecule is CCc1nn(C)cc1NC(=O)N1CCCC(C)C1C(=O)O. The first-order valence-electron chi connectivity index (χ1n) is 7.27. The molecule has 2 N–H and O–H groups in total. The Balaban J connectivity index is 2.16. The van der Waals surface area contributed by atoms with E-state index >= 15 is 0 Å². The van der Waals surface area contributed by atoms with Crippen LogP contribution in [0.2, 0.25) is 0 Å². The van der Waals surface area contributed by atoms with Gasteiger partial charge in [-0.15, -0.1) is 0 Å². The van der Waals surface area contributed by atoms with Gasteiger partial charge in [0.15, 0.2) is 0 Å². The van der Waals surface area contributed by atoms with E-state index in [1.165, 1.54) is 4.90 Å². The van der Waals surface area contributed by atoms with Crippen molar-refractivity contribution in [2.24, 2.45) is 13.0 Å². The number of rotatable bonds is 3. The molecule has 1 aliphatic heterocycles. The van der Waals surface area contributed by atoms with E-state index in [0.717, 1.165) is 18.5 Å². The number of hydrogen-bond donors (Lipinski definition) is 2. The summed E-state index contributed by atoms with van der Waals surface area (Å²) in [4.78, 5) is 25.3. The molecule has 2 amide bonds. The number of urea groups is 1. The molecule has 7 heteroatoms. The second kappa shape index (κ2) is 6.15. The monoisotopic (exact) mass is 294 g/mol. The number of piperidine rings is 1. The Morgan fingerprint density at radius 2 is 2.24 bits per heavy atom. The van der Waals surface area contributed by atoms with Gasteiger partial charge < -0.3 is 15.3 Å². The van der Waals surface area contributed by atoms with Crippen molar-refractivity contribution in [3.05, 3.63) is 11.9 Å². The number of aliphatic carboxylic acids is 1. The second-order valence-electron chi connectivity index (χ2n) is 5.54. The molecule has 2 atom stereocenters. The molecule has 7 nitrogen and oxygen atoms in total. The summed E-state index contributed by atoms with van der Waals surface area (Å²) in [7, 11) is 1.79. The summed E-state index contributed by atoms with van der Waals surface area (Å²) in [6, 6.07) is -1.13. The number of anilines is 1. The number of carbonyl (C=O) groups excluding carboxylic acids is 1. The summed E-state index contributed by atoms with van der Waals surface area (Å²) in [5, 5.41) is 16.4. The zero-order chi connectivity index (χ0) is 15.6. The highest BCUT2D eigenvalue weighted by Gasteiger charge is 2.37. The van der Waals surface area contributed by atoms with Gasteiger partial charge in [0.05, 0.1) is 11.4 Å². The fourth-order valence-electron chi connectivity index (χ4n) is 2.88. The molecular formula is C14H22N4O3. The van der Waals surface area contributed by atoms with E-state index in [2.05, 4.69) is 10.4 Å². The summed E-state index contributed by atoms with van der Waals surface area (Å²) < 4.78 is 1.64. The normalized spacial score (nSPS) is 22.1. The third-order valence-corrected chi connectivity index (χ3v) is 3.93. The summed E-state index contributed by atoms with van der Waals surface area (Å²) in [6.45, 7) is 4.30. The molecule has 0 aromatic carbocycles. The largest absolute Gasteiger partial charge is 0.480 e. The van der Waals surface area contributed by atoms with Crippen LogP contribution in [0.15, 0.2) is 6.20 Å². The highest BCUT2D eigenvalue weighted by molar-refractivity contribution is 5.93. The van der Waals surface area contributed by atoms with Gasteiger partial charge in [-0.05, 0) is 25.2 Å². The summed E-state index contributed by atoms with van der Waals surface area (Å²) in [6.07, 6.45) is 4.09. The molecule has 0 bridgehead atoms. The van der Waals surface area contributed by atoms with Gasteiger partial charge in [0.25, 0.3) is 0 Å². The Labute approximate surface area is 123 Å². The maximum absolute atomic E-state index is 12.4. The summed E-state index contributed by atoms with van der Waals surface area (Å²) >= 11 is 0. The molecule has 0 spiro atoms. The van der Waals surface area contributed by atoms with Crippen molar-refractivity contribution in [2.75, 3.05) is 11.9 Å². The minimum Gasteiger partial charge on any atom is -0.480 e. The first-order chi connectivity index (χ1) is 9.93. The maximum atomic E-state index is 12.4. The smallest absolute Gasteiger partial charge is 0.326 e. The Bertz CT molecular complexity index is 540. The van der Waals surface area contributed by atoms with Crippen molar-refractivity contribution in [2.45, 2.75) is 39.2 Å². The van der Waals surface area contributed by atoms with Gasteiger partial charge in [0, 0.05) is 19.8 Å². The van der Waals surface area contributed by atoms with E-state index in [9.17, 15) is 14.7 Å². The van der Waals surface area contributed by atoms with Crippen molar-refractivity contribution >= 4 is 17.7 Å². The highest BCUT2D eigenvalue weighted by atomic mass is 16.4. The van der Waals surface area contributed by atoms with Crippen LogP contribution in [0.3, 0.4) is 0 Å². The van der Waals surface area contributed by atoms with E-state index in [4.69, 9.17) is 0 Å². The fourth-order valence-corrected chi connectivity index (χ4v) is 2.88. The third kappa shape index (κ3) is 3.17. The van der Waals surface area contributed by atoms with Crippen molar-refractivity contribution in [3.8, 4) is 0 Å². The highest BCUT2D eigenvalue weighted by Crippen LogP contribution is 2.25. The van der Waals surface area contributed by atoms with Gasteiger partial charge in [0.2, 0.25) is 0 Å². The van der Waals surface area contributed by atoms with Crippen LogP contribution in [0.25, 0.3) is 0 Å².